The van der Waals surface area contributed by atoms with Crippen molar-refractivity contribution in [1.29, 1.82) is 0 Å². The molecule has 0 amide bonds. The van der Waals surface area contributed by atoms with Crippen LogP contribution in [0, 0.1) is 0 Å². The standard InChI is InChI=1S/C10H18O3.C6H12O.C4H6O2/c1-5-6-7-12-9(4)13-10(11)8(2)3;1-3-5-6-7-4-2;1-3(2)4(5)6/h9H,2,5-7H2,1,3-4H3;4H,2-3,5-6H2,1H3;1H2,2H3,(H,5,6). The van der Waals surface area contributed by atoms with E-state index in [0.29, 0.717) is 12.2 Å². The molecule has 0 radical (unpaired) electrons. The van der Waals surface area contributed by atoms with Crippen molar-refractivity contribution in [3.05, 3.63) is 37.1 Å². The van der Waals surface area contributed by atoms with Gasteiger partial charge in [-0.2, -0.15) is 0 Å². The molecule has 1 unspecified atom stereocenters. The fourth-order valence-electron chi connectivity index (χ4n) is 0.990. The quantitative estimate of drug-likeness (QED) is 0.183. The van der Waals surface area contributed by atoms with Gasteiger partial charge < -0.3 is 19.3 Å². The number of rotatable bonds is 11. The molecule has 152 valence electrons. The average molecular weight is 373 g/mol. The second-order valence-electron chi connectivity index (χ2n) is 5.45. The van der Waals surface area contributed by atoms with Crippen molar-refractivity contribution in [2.45, 2.75) is 66.6 Å². The van der Waals surface area contributed by atoms with Crippen LogP contribution in [0.4, 0.5) is 0 Å². The summed E-state index contributed by atoms with van der Waals surface area (Å²) in [6.45, 7) is 20.5. The first-order valence-electron chi connectivity index (χ1n) is 8.73. The number of hydrogen-bond donors (Lipinski definition) is 1. The molecule has 1 atom stereocenters. The Morgan fingerprint density at radius 1 is 1.04 bits per heavy atom. The number of carbonyl (C=O) groups excluding carboxylic acids is 1. The van der Waals surface area contributed by atoms with Gasteiger partial charge >= 0.3 is 11.9 Å². The third-order valence-electron chi connectivity index (χ3n) is 2.57. The Labute approximate surface area is 158 Å². The lowest BCUT2D eigenvalue weighted by atomic mass is 10.3. The van der Waals surface area contributed by atoms with Crippen LogP contribution in [-0.4, -0.2) is 36.5 Å². The maximum atomic E-state index is 11.0. The summed E-state index contributed by atoms with van der Waals surface area (Å²) in [6, 6.07) is 0. The molecule has 6 nitrogen and oxygen atoms in total. The molecule has 0 rings (SSSR count). The molecular weight excluding hydrogens is 336 g/mol. The Morgan fingerprint density at radius 2 is 1.50 bits per heavy atom. The first-order valence-corrected chi connectivity index (χ1v) is 8.73. The molecule has 0 aliphatic rings. The lowest BCUT2D eigenvalue weighted by molar-refractivity contribution is -0.170. The maximum Gasteiger partial charge on any atom is 0.335 e. The highest BCUT2D eigenvalue weighted by Gasteiger charge is 2.09. The molecule has 0 aliphatic carbocycles. The Bertz CT molecular complexity index is 403. The predicted octanol–water partition coefficient (Wildman–Crippen LogP) is 4.86. The van der Waals surface area contributed by atoms with Crippen LogP contribution in [0.5, 0.6) is 0 Å². The van der Waals surface area contributed by atoms with E-state index < -0.39 is 18.2 Å². The summed E-state index contributed by atoms with van der Waals surface area (Å²) in [7, 11) is 0. The molecule has 0 aliphatic heterocycles. The molecule has 1 N–H and O–H groups in total. The highest BCUT2D eigenvalue weighted by atomic mass is 16.7. The van der Waals surface area contributed by atoms with Gasteiger partial charge in [-0.3, -0.25) is 0 Å². The van der Waals surface area contributed by atoms with Gasteiger partial charge in [0.15, 0.2) is 6.29 Å². The van der Waals surface area contributed by atoms with Crippen molar-refractivity contribution in [3.63, 3.8) is 0 Å². The Balaban J connectivity index is -0.000000342. The van der Waals surface area contributed by atoms with E-state index in [9.17, 15) is 9.59 Å². The van der Waals surface area contributed by atoms with Crippen LogP contribution in [0.3, 0.4) is 0 Å². The summed E-state index contributed by atoms with van der Waals surface area (Å²) < 4.78 is 15.0. The van der Waals surface area contributed by atoms with Crippen LogP contribution < -0.4 is 0 Å². The molecule has 0 heterocycles. The van der Waals surface area contributed by atoms with Gasteiger partial charge in [-0.1, -0.05) is 46.4 Å². The van der Waals surface area contributed by atoms with Gasteiger partial charge in [0.25, 0.3) is 0 Å². The third-order valence-corrected chi connectivity index (χ3v) is 2.57. The van der Waals surface area contributed by atoms with Crippen LogP contribution in [0.1, 0.15) is 60.3 Å². The fraction of sp³-hybridized carbons (Fsp3) is 0.600. The summed E-state index contributed by atoms with van der Waals surface area (Å²) in [5.41, 5.74) is 0.570. The smallest absolute Gasteiger partial charge is 0.335 e. The van der Waals surface area contributed by atoms with Crippen molar-refractivity contribution in [2.24, 2.45) is 0 Å². The molecule has 0 fully saturated rings. The van der Waals surface area contributed by atoms with Gasteiger partial charge in [-0.05, 0) is 33.6 Å². The second kappa shape index (κ2) is 21.0. The first kappa shape index (κ1) is 28.7. The minimum atomic E-state index is -0.935. The van der Waals surface area contributed by atoms with Crippen molar-refractivity contribution in [2.75, 3.05) is 13.2 Å². The van der Waals surface area contributed by atoms with Crippen molar-refractivity contribution in [3.8, 4) is 0 Å². The molecule has 0 aromatic carbocycles. The molecule has 0 spiro atoms. The zero-order valence-electron chi connectivity index (χ0n) is 17.0. The molecule has 26 heavy (non-hydrogen) atoms. The molecule has 0 saturated carbocycles. The van der Waals surface area contributed by atoms with Gasteiger partial charge in [-0.25, -0.2) is 9.59 Å². The summed E-state index contributed by atoms with van der Waals surface area (Å²) in [6.07, 6.45) is 5.38. The van der Waals surface area contributed by atoms with Gasteiger partial charge in [0.2, 0.25) is 0 Å². The normalized spacial score (nSPS) is 10.0. The minimum absolute atomic E-state index is 0.176. The number of aliphatic carboxylic acids is 1. The minimum Gasteiger partial charge on any atom is -0.502 e. The van der Waals surface area contributed by atoms with E-state index in [-0.39, 0.29) is 5.57 Å². The molecule has 0 bridgehead atoms. The van der Waals surface area contributed by atoms with Crippen LogP contribution in [0.25, 0.3) is 0 Å². The molecule has 0 aromatic rings. The average Bonchev–Trinajstić information content (AvgIpc) is 2.56. The second-order valence-corrected chi connectivity index (χ2v) is 5.45. The first-order chi connectivity index (χ1) is 12.1. The highest BCUT2D eigenvalue weighted by molar-refractivity contribution is 5.87. The van der Waals surface area contributed by atoms with E-state index in [4.69, 9.17) is 19.3 Å². The van der Waals surface area contributed by atoms with Crippen molar-refractivity contribution < 1.29 is 28.9 Å². The summed E-state index contributed by atoms with van der Waals surface area (Å²) in [4.78, 5) is 20.6. The van der Waals surface area contributed by atoms with Crippen LogP contribution in [0.15, 0.2) is 37.1 Å². The molecular formula is C20H36O6. The number of carbonyl (C=O) groups is 2. The largest absolute Gasteiger partial charge is 0.502 e. The maximum absolute atomic E-state index is 11.0. The van der Waals surface area contributed by atoms with Gasteiger partial charge in [-0.15, -0.1) is 0 Å². The van der Waals surface area contributed by atoms with Crippen molar-refractivity contribution in [1.82, 2.24) is 0 Å². The van der Waals surface area contributed by atoms with E-state index in [0.717, 1.165) is 25.9 Å². The Hall–Kier alpha value is -2.08. The van der Waals surface area contributed by atoms with E-state index in [1.165, 1.54) is 19.6 Å². The number of ether oxygens (including phenoxy) is 3. The number of carboxylic acid groups (broad SMARTS) is 1. The zero-order valence-corrected chi connectivity index (χ0v) is 17.0. The van der Waals surface area contributed by atoms with Crippen LogP contribution in [-0.2, 0) is 23.8 Å². The highest BCUT2D eigenvalue weighted by Crippen LogP contribution is 2.01. The van der Waals surface area contributed by atoms with Crippen molar-refractivity contribution >= 4 is 11.9 Å². The number of unbranched alkanes of at least 4 members (excludes halogenated alkanes) is 2. The summed E-state index contributed by atoms with van der Waals surface area (Å²) in [5.74, 6) is -1.33. The Morgan fingerprint density at radius 3 is 1.85 bits per heavy atom. The van der Waals surface area contributed by atoms with E-state index in [1.807, 2.05) is 0 Å². The van der Waals surface area contributed by atoms with E-state index >= 15 is 0 Å². The van der Waals surface area contributed by atoms with Gasteiger partial charge in [0.05, 0.1) is 19.5 Å². The number of hydrogen-bond acceptors (Lipinski definition) is 5. The summed E-state index contributed by atoms with van der Waals surface area (Å²) in [5, 5.41) is 7.89. The zero-order chi connectivity index (χ0) is 21.0. The monoisotopic (exact) mass is 372 g/mol. The Kier molecular flexibility index (Phi) is 23.2. The predicted molar refractivity (Wildman–Crippen MR) is 105 cm³/mol. The number of esters is 1. The van der Waals surface area contributed by atoms with Crippen LogP contribution in [0.2, 0.25) is 0 Å². The van der Waals surface area contributed by atoms with E-state index in [1.54, 1.807) is 13.8 Å². The molecule has 6 heteroatoms. The van der Waals surface area contributed by atoms with E-state index in [2.05, 4.69) is 33.6 Å². The lowest BCUT2D eigenvalue weighted by Crippen LogP contribution is -2.18. The topological polar surface area (TPSA) is 82.1 Å². The number of carboxylic acids is 1. The third kappa shape index (κ3) is 26.8. The summed E-state index contributed by atoms with van der Waals surface area (Å²) >= 11 is 0. The van der Waals surface area contributed by atoms with Gasteiger partial charge in [0, 0.05) is 11.1 Å². The molecule has 0 saturated heterocycles. The fourth-order valence-corrected chi connectivity index (χ4v) is 0.990. The van der Waals surface area contributed by atoms with Gasteiger partial charge in [0.1, 0.15) is 0 Å². The molecule has 0 aromatic heterocycles. The lowest BCUT2D eigenvalue weighted by Gasteiger charge is -2.13. The SMILES string of the molecule is C=C(C)C(=O)O.C=C(C)C(=O)OC(C)OCCCC.C=COCCCC. The van der Waals surface area contributed by atoms with Crippen LogP contribution >= 0.6 is 0 Å².